The van der Waals surface area contributed by atoms with Crippen LogP contribution in [0.3, 0.4) is 0 Å². The number of carbonyl (C=O) groups is 1. The van der Waals surface area contributed by atoms with Crippen LogP contribution in [0.5, 0.6) is 0 Å². The van der Waals surface area contributed by atoms with E-state index >= 15 is 0 Å². The summed E-state index contributed by atoms with van der Waals surface area (Å²) in [5.41, 5.74) is 0.732. The molecule has 0 saturated carbocycles. The molecule has 0 atom stereocenters. The van der Waals surface area contributed by atoms with Crippen molar-refractivity contribution < 1.29 is 9.28 Å². The third-order valence-electron chi connectivity index (χ3n) is 2.76. The topological polar surface area (TPSA) is 17.1 Å². The standard InChI is InChI=1S/C16H24NO/c1-16(2,13-17(3,4)5)15(18)12-11-14-9-7-6-8-10-14/h6-12H,13H2,1-5H3/q+1/b12-11+. The summed E-state index contributed by atoms with van der Waals surface area (Å²) < 4.78 is 0.790. The van der Waals surface area contributed by atoms with Crippen molar-refractivity contribution >= 4 is 11.9 Å². The molecule has 0 aliphatic heterocycles. The van der Waals surface area contributed by atoms with E-state index in [9.17, 15) is 4.79 Å². The number of carbonyl (C=O) groups excluding carboxylic acids is 1. The van der Waals surface area contributed by atoms with Crippen molar-refractivity contribution in [2.45, 2.75) is 13.8 Å². The summed E-state index contributed by atoms with van der Waals surface area (Å²) in [6.45, 7) is 4.84. The molecular formula is C16H24NO+. The molecule has 0 N–H and O–H groups in total. The van der Waals surface area contributed by atoms with Crippen LogP contribution in [0.1, 0.15) is 19.4 Å². The highest BCUT2D eigenvalue weighted by Gasteiger charge is 2.31. The van der Waals surface area contributed by atoms with Gasteiger partial charge in [0.05, 0.1) is 33.1 Å². The smallest absolute Gasteiger partial charge is 0.166 e. The number of allylic oxidation sites excluding steroid dienone is 1. The SMILES string of the molecule is CC(C)(C[N+](C)(C)C)C(=O)/C=C/c1ccccc1. The highest BCUT2D eigenvalue weighted by Crippen LogP contribution is 2.21. The summed E-state index contributed by atoms with van der Waals surface area (Å²) in [5.74, 6) is 0.180. The predicted octanol–water partition coefficient (Wildman–Crippen LogP) is 3.00. The normalized spacial score (nSPS) is 12.9. The van der Waals surface area contributed by atoms with Crippen LogP contribution >= 0.6 is 0 Å². The monoisotopic (exact) mass is 246 g/mol. The second kappa shape index (κ2) is 5.49. The molecule has 0 aliphatic rings. The summed E-state index contributed by atoms with van der Waals surface area (Å²) in [7, 11) is 6.32. The Labute approximate surface area is 111 Å². The molecular weight excluding hydrogens is 222 g/mol. The summed E-state index contributed by atoms with van der Waals surface area (Å²) in [5, 5.41) is 0. The molecule has 0 fully saturated rings. The zero-order valence-corrected chi connectivity index (χ0v) is 12.1. The second-order valence-corrected chi connectivity index (χ2v) is 6.44. The second-order valence-electron chi connectivity index (χ2n) is 6.44. The molecule has 1 rings (SSSR count). The Morgan fingerprint density at radius 1 is 1.17 bits per heavy atom. The minimum Gasteiger partial charge on any atom is -0.330 e. The van der Waals surface area contributed by atoms with Crippen molar-refractivity contribution in [3.63, 3.8) is 0 Å². The van der Waals surface area contributed by atoms with Crippen LogP contribution < -0.4 is 0 Å². The first-order chi connectivity index (χ1) is 8.21. The van der Waals surface area contributed by atoms with Gasteiger partial charge < -0.3 is 4.48 Å². The molecule has 0 unspecified atom stereocenters. The van der Waals surface area contributed by atoms with Crippen LogP contribution in [-0.4, -0.2) is 38.0 Å². The predicted molar refractivity (Wildman–Crippen MR) is 77.2 cm³/mol. The van der Waals surface area contributed by atoms with E-state index in [-0.39, 0.29) is 11.2 Å². The van der Waals surface area contributed by atoms with E-state index in [0.717, 1.165) is 16.6 Å². The van der Waals surface area contributed by atoms with E-state index in [1.54, 1.807) is 6.08 Å². The molecule has 0 aliphatic carbocycles. The molecule has 2 nitrogen and oxygen atoms in total. The van der Waals surface area contributed by atoms with Crippen molar-refractivity contribution in [3.8, 4) is 0 Å². The Balaban J connectivity index is 2.73. The lowest BCUT2D eigenvalue weighted by atomic mass is 9.86. The summed E-state index contributed by atoms with van der Waals surface area (Å²) in [6.07, 6.45) is 3.59. The maximum Gasteiger partial charge on any atom is 0.166 e. The number of hydrogen-bond acceptors (Lipinski definition) is 1. The average Bonchev–Trinajstić information content (AvgIpc) is 2.24. The highest BCUT2D eigenvalue weighted by molar-refractivity contribution is 5.97. The zero-order chi connectivity index (χ0) is 13.8. The lowest BCUT2D eigenvalue weighted by molar-refractivity contribution is -0.875. The Morgan fingerprint density at radius 3 is 2.22 bits per heavy atom. The zero-order valence-electron chi connectivity index (χ0n) is 12.1. The summed E-state index contributed by atoms with van der Waals surface area (Å²) in [6, 6.07) is 9.91. The Bertz CT molecular complexity index is 424. The van der Waals surface area contributed by atoms with Gasteiger partial charge in [-0.25, -0.2) is 0 Å². The quantitative estimate of drug-likeness (QED) is 0.576. The van der Waals surface area contributed by atoms with E-state index in [1.807, 2.05) is 50.3 Å². The molecule has 1 aromatic carbocycles. The van der Waals surface area contributed by atoms with Gasteiger partial charge in [0, 0.05) is 0 Å². The van der Waals surface area contributed by atoms with Gasteiger partial charge in [0.1, 0.15) is 0 Å². The maximum absolute atomic E-state index is 12.2. The van der Waals surface area contributed by atoms with Crippen LogP contribution in [0.4, 0.5) is 0 Å². The molecule has 1 aromatic rings. The first-order valence-corrected chi connectivity index (χ1v) is 6.29. The lowest BCUT2D eigenvalue weighted by Gasteiger charge is -2.32. The van der Waals surface area contributed by atoms with Crippen LogP contribution in [0.2, 0.25) is 0 Å². The molecule has 98 valence electrons. The number of ketones is 1. The van der Waals surface area contributed by atoms with Gasteiger partial charge in [0.15, 0.2) is 5.78 Å². The van der Waals surface area contributed by atoms with Crippen molar-refractivity contribution in [1.29, 1.82) is 0 Å². The van der Waals surface area contributed by atoms with Gasteiger partial charge in [-0.05, 0) is 25.5 Å². The van der Waals surface area contributed by atoms with Gasteiger partial charge in [-0.3, -0.25) is 4.79 Å². The first-order valence-electron chi connectivity index (χ1n) is 6.29. The third kappa shape index (κ3) is 4.84. The Morgan fingerprint density at radius 2 is 1.72 bits per heavy atom. The molecule has 2 heteroatoms. The lowest BCUT2D eigenvalue weighted by Crippen LogP contribution is -2.45. The van der Waals surface area contributed by atoms with E-state index in [2.05, 4.69) is 21.1 Å². The number of quaternary nitrogens is 1. The first kappa shape index (κ1) is 14.7. The van der Waals surface area contributed by atoms with Crippen molar-refractivity contribution in [1.82, 2.24) is 0 Å². The molecule has 0 bridgehead atoms. The van der Waals surface area contributed by atoms with Crippen LogP contribution in [0, 0.1) is 5.41 Å². The van der Waals surface area contributed by atoms with E-state index < -0.39 is 0 Å². The average molecular weight is 246 g/mol. The van der Waals surface area contributed by atoms with E-state index in [0.29, 0.717) is 0 Å². The van der Waals surface area contributed by atoms with Gasteiger partial charge in [0.2, 0.25) is 0 Å². The largest absolute Gasteiger partial charge is 0.330 e. The van der Waals surface area contributed by atoms with Crippen molar-refractivity contribution in [2.24, 2.45) is 5.41 Å². The van der Waals surface area contributed by atoms with Crippen LogP contribution in [0.25, 0.3) is 6.08 Å². The Hall–Kier alpha value is -1.41. The highest BCUT2D eigenvalue weighted by atomic mass is 16.1. The van der Waals surface area contributed by atoms with Gasteiger partial charge >= 0.3 is 0 Å². The van der Waals surface area contributed by atoms with Crippen LogP contribution in [0.15, 0.2) is 36.4 Å². The van der Waals surface area contributed by atoms with Gasteiger partial charge in [-0.1, -0.05) is 36.4 Å². The summed E-state index contributed by atoms with van der Waals surface area (Å²) in [4.78, 5) is 12.2. The molecule has 0 amide bonds. The minimum absolute atomic E-state index is 0.180. The molecule has 0 aromatic heterocycles. The van der Waals surface area contributed by atoms with Crippen molar-refractivity contribution in [3.05, 3.63) is 42.0 Å². The van der Waals surface area contributed by atoms with Crippen LogP contribution in [-0.2, 0) is 4.79 Å². The minimum atomic E-state index is -0.330. The van der Waals surface area contributed by atoms with Crippen molar-refractivity contribution in [2.75, 3.05) is 27.7 Å². The summed E-state index contributed by atoms with van der Waals surface area (Å²) >= 11 is 0. The molecule has 18 heavy (non-hydrogen) atoms. The fourth-order valence-corrected chi connectivity index (χ4v) is 2.23. The number of rotatable bonds is 5. The molecule has 0 heterocycles. The van der Waals surface area contributed by atoms with Gasteiger partial charge in [0.25, 0.3) is 0 Å². The molecule has 0 saturated heterocycles. The molecule has 0 spiro atoms. The fourth-order valence-electron chi connectivity index (χ4n) is 2.23. The number of nitrogens with zero attached hydrogens (tertiary/aromatic N) is 1. The number of benzene rings is 1. The Kier molecular flexibility index (Phi) is 4.47. The fraction of sp³-hybridized carbons (Fsp3) is 0.438. The van der Waals surface area contributed by atoms with Gasteiger partial charge in [-0.2, -0.15) is 0 Å². The molecule has 0 radical (unpaired) electrons. The number of hydrogen-bond donors (Lipinski definition) is 0. The maximum atomic E-state index is 12.2. The van der Waals surface area contributed by atoms with Gasteiger partial charge in [-0.15, -0.1) is 0 Å². The van der Waals surface area contributed by atoms with E-state index in [1.165, 1.54) is 0 Å². The third-order valence-corrected chi connectivity index (χ3v) is 2.76. The van der Waals surface area contributed by atoms with E-state index in [4.69, 9.17) is 0 Å².